The van der Waals surface area contributed by atoms with Crippen molar-refractivity contribution in [2.75, 3.05) is 5.75 Å². The van der Waals surface area contributed by atoms with Gasteiger partial charge in [-0.05, 0) is 28.1 Å². The second kappa shape index (κ2) is 2.88. The maximum Gasteiger partial charge on any atom is 0.0679 e. The number of halogens is 2. The molecule has 0 saturated carbocycles. The average Bonchev–Trinajstić information content (AvgIpc) is 2.34. The van der Waals surface area contributed by atoms with E-state index in [0.717, 1.165) is 15.9 Å². The van der Waals surface area contributed by atoms with Gasteiger partial charge in [0.1, 0.15) is 0 Å². The second-order valence-electron chi connectivity index (χ2n) is 2.23. The van der Waals surface area contributed by atoms with Gasteiger partial charge in [-0.25, -0.2) is 0 Å². The van der Waals surface area contributed by atoms with Crippen molar-refractivity contribution >= 4 is 39.5 Å². The molecule has 0 spiro atoms. The zero-order chi connectivity index (χ0) is 7.84. The van der Waals surface area contributed by atoms with Gasteiger partial charge in [0.15, 0.2) is 0 Å². The Kier molecular flexibility index (Phi) is 2.04. The summed E-state index contributed by atoms with van der Waals surface area (Å²) in [5, 5.41) is 0. The van der Waals surface area contributed by atoms with Crippen LogP contribution in [0.15, 0.2) is 33.4 Å². The largest absolute Gasteiger partial charge is 0.259 e. The molecule has 0 aromatic heterocycles. The van der Waals surface area contributed by atoms with Gasteiger partial charge in [-0.3, -0.25) is 4.42 Å². The minimum absolute atomic E-state index is 1.02. The molecule has 0 N–H and O–H groups in total. The maximum atomic E-state index is 5.92. The van der Waals surface area contributed by atoms with Crippen molar-refractivity contribution in [2.45, 2.75) is 0 Å². The lowest BCUT2D eigenvalue weighted by molar-refractivity contribution is 0.764. The van der Waals surface area contributed by atoms with E-state index >= 15 is 0 Å². The molecule has 2 heterocycles. The van der Waals surface area contributed by atoms with Crippen molar-refractivity contribution in [3.63, 3.8) is 0 Å². The first-order chi connectivity index (χ1) is 5.27. The molecule has 0 unspecified atom stereocenters. The van der Waals surface area contributed by atoms with Crippen molar-refractivity contribution < 1.29 is 0 Å². The number of fused-ring (bicyclic) bond motifs is 1. The Labute approximate surface area is 83.0 Å². The van der Waals surface area contributed by atoms with E-state index in [0.29, 0.717) is 0 Å². The maximum absolute atomic E-state index is 5.92. The highest BCUT2D eigenvalue weighted by Crippen LogP contribution is 2.39. The van der Waals surface area contributed by atoms with E-state index in [-0.39, 0.29) is 0 Å². The summed E-state index contributed by atoms with van der Waals surface area (Å²) in [7, 11) is 0. The van der Waals surface area contributed by atoms with Crippen LogP contribution in [0.2, 0.25) is 0 Å². The minimum Gasteiger partial charge on any atom is -0.259 e. The molecule has 0 atom stereocenters. The highest BCUT2D eigenvalue weighted by molar-refractivity contribution is 9.11. The van der Waals surface area contributed by atoms with E-state index in [1.165, 1.54) is 4.91 Å². The molecule has 58 valence electrons. The molecular formula is C7H5BrClNS. The van der Waals surface area contributed by atoms with Crippen molar-refractivity contribution in [1.29, 1.82) is 0 Å². The predicted octanol–water partition coefficient (Wildman–Crippen LogP) is 3.21. The summed E-state index contributed by atoms with van der Waals surface area (Å²) >= 11 is 11.1. The summed E-state index contributed by atoms with van der Waals surface area (Å²) in [5.41, 5.74) is 1.11. The summed E-state index contributed by atoms with van der Waals surface area (Å²) in [6.07, 6.45) is 6.06. The third-order valence-corrected chi connectivity index (χ3v) is 3.19. The number of hydrogen-bond acceptors (Lipinski definition) is 2. The Morgan fingerprint density at radius 3 is 3.27 bits per heavy atom. The van der Waals surface area contributed by atoms with Gasteiger partial charge in [0.25, 0.3) is 0 Å². The van der Waals surface area contributed by atoms with Crippen LogP contribution in [0.3, 0.4) is 0 Å². The van der Waals surface area contributed by atoms with Gasteiger partial charge in [-0.2, -0.15) is 0 Å². The van der Waals surface area contributed by atoms with Crippen LogP contribution < -0.4 is 0 Å². The Morgan fingerprint density at radius 2 is 2.45 bits per heavy atom. The van der Waals surface area contributed by atoms with E-state index in [2.05, 4.69) is 28.1 Å². The number of allylic oxidation sites excluding steroid dienone is 2. The third kappa shape index (κ3) is 1.37. The monoisotopic (exact) mass is 249 g/mol. The summed E-state index contributed by atoms with van der Waals surface area (Å²) in [6.45, 7) is 0. The van der Waals surface area contributed by atoms with Crippen LogP contribution in [0.25, 0.3) is 0 Å². The predicted molar refractivity (Wildman–Crippen MR) is 53.3 cm³/mol. The first kappa shape index (κ1) is 7.77. The van der Waals surface area contributed by atoms with Gasteiger partial charge in [-0.15, -0.1) is 11.8 Å². The van der Waals surface area contributed by atoms with Crippen LogP contribution in [0.4, 0.5) is 0 Å². The summed E-state index contributed by atoms with van der Waals surface area (Å²) in [5.74, 6) is 1.03. The first-order valence-electron chi connectivity index (χ1n) is 3.15. The lowest BCUT2D eigenvalue weighted by Crippen LogP contribution is -2.06. The highest BCUT2D eigenvalue weighted by Gasteiger charge is 2.20. The van der Waals surface area contributed by atoms with E-state index in [4.69, 9.17) is 11.8 Å². The second-order valence-corrected chi connectivity index (χ2v) is 4.58. The molecule has 2 aliphatic heterocycles. The zero-order valence-electron chi connectivity index (χ0n) is 5.55. The van der Waals surface area contributed by atoms with Gasteiger partial charge < -0.3 is 0 Å². The van der Waals surface area contributed by atoms with Crippen molar-refractivity contribution in [3.05, 3.63) is 33.4 Å². The molecule has 0 amide bonds. The lowest BCUT2D eigenvalue weighted by atomic mass is 10.3. The molecule has 0 fully saturated rings. The van der Waals surface area contributed by atoms with Crippen LogP contribution in [-0.2, 0) is 0 Å². The molecule has 2 rings (SSSR count). The van der Waals surface area contributed by atoms with Crippen LogP contribution in [-0.4, -0.2) is 10.2 Å². The number of hydrogen-bond donors (Lipinski definition) is 0. The highest BCUT2D eigenvalue weighted by atomic mass is 79.9. The smallest absolute Gasteiger partial charge is 0.0679 e. The number of thioether (sulfide) groups is 1. The van der Waals surface area contributed by atoms with Crippen molar-refractivity contribution in [2.24, 2.45) is 0 Å². The first-order valence-corrected chi connectivity index (χ1v) is 5.26. The summed E-state index contributed by atoms with van der Waals surface area (Å²) < 4.78 is 2.65. The number of rotatable bonds is 0. The quantitative estimate of drug-likeness (QED) is 0.608. The normalized spacial score (nSPS) is 22.4. The van der Waals surface area contributed by atoms with Gasteiger partial charge in [0.05, 0.1) is 5.70 Å². The van der Waals surface area contributed by atoms with Crippen LogP contribution >= 0.6 is 39.5 Å². The topological polar surface area (TPSA) is 3.24 Å². The fraction of sp³-hybridized carbons (Fsp3) is 0.143. The van der Waals surface area contributed by atoms with Crippen LogP contribution in [0, 0.1) is 0 Å². The van der Waals surface area contributed by atoms with E-state index in [1.807, 2.05) is 6.20 Å². The standard InChI is InChI=1S/C7H5BrClNS/c8-5-3-7-6(1-2-11-7)10(9)4-5/h1,3-4H,2H2. The molecule has 0 saturated heterocycles. The molecule has 0 aromatic carbocycles. The molecule has 2 aliphatic rings. The molecule has 0 bridgehead atoms. The van der Waals surface area contributed by atoms with Gasteiger partial charge >= 0.3 is 0 Å². The summed E-state index contributed by atoms with van der Waals surface area (Å²) in [6, 6.07) is 0. The Hall–Kier alpha value is 0.140. The fourth-order valence-corrected chi connectivity index (χ4v) is 3.01. The van der Waals surface area contributed by atoms with E-state index in [1.54, 1.807) is 16.2 Å². The Balaban J connectivity index is 2.40. The molecule has 0 radical (unpaired) electrons. The van der Waals surface area contributed by atoms with Gasteiger partial charge in [0.2, 0.25) is 0 Å². The summed E-state index contributed by atoms with van der Waals surface area (Å²) in [4.78, 5) is 1.24. The van der Waals surface area contributed by atoms with E-state index in [9.17, 15) is 0 Å². The molecule has 1 nitrogen and oxygen atoms in total. The minimum atomic E-state index is 1.02. The van der Waals surface area contributed by atoms with Gasteiger partial charge in [0, 0.05) is 33.1 Å². The van der Waals surface area contributed by atoms with Crippen LogP contribution in [0.5, 0.6) is 0 Å². The Bertz CT molecular complexity index is 282. The van der Waals surface area contributed by atoms with Crippen molar-refractivity contribution in [3.8, 4) is 0 Å². The SMILES string of the molecule is ClN1C=C(Br)C=C2SCC=C21. The number of nitrogens with zero attached hydrogens (tertiary/aromatic N) is 1. The van der Waals surface area contributed by atoms with Crippen molar-refractivity contribution in [1.82, 2.24) is 4.42 Å². The average molecular weight is 251 g/mol. The molecule has 11 heavy (non-hydrogen) atoms. The third-order valence-electron chi connectivity index (χ3n) is 1.50. The fourth-order valence-electron chi connectivity index (χ4n) is 1.03. The van der Waals surface area contributed by atoms with Gasteiger partial charge in [-0.1, -0.05) is 0 Å². The molecule has 0 aliphatic carbocycles. The molecule has 0 aromatic rings. The molecule has 4 heteroatoms. The van der Waals surface area contributed by atoms with Crippen LogP contribution in [0.1, 0.15) is 0 Å². The van der Waals surface area contributed by atoms with E-state index < -0.39 is 0 Å². The Morgan fingerprint density at radius 1 is 1.64 bits per heavy atom. The zero-order valence-corrected chi connectivity index (χ0v) is 8.71. The lowest BCUT2D eigenvalue weighted by Gasteiger charge is -2.17. The molecular weight excluding hydrogens is 246 g/mol.